The Balaban J connectivity index is 2.31. The molecule has 0 aromatic carbocycles. The summed E-state index contributed by atoms with van der Waals surface area (Å²) in [6.45, 7) is 8.49. The molecule has 2 heterocycles. The van der Waals surface area contributed by atoms with Crippen molar-refractivity contribution in [2.75, 3.05) is 13.1 Å². The Morgan fingerprint density at radius 3 is 2.42 bits per heavy atom. The summed E-state index contributed by atoms with van der Waals surface area (Å²) in [5.41, 5.74) is 0.989. The number of ether oxygens (including phenoxy) is 1. The van der Waals surface area contributed by atoms with Gasteiger partial charge >= 0.3 is 0 Å². The van der Waals surface area contributed by atoms with Gasteiger partial charge < -0.3 is 9.64 Å². The first-order valence-corrected chi connectivity index (χ1v) is 8.37. The summed E-state index contributed by atoms with van der Waals surface area (Å²) < 4.78 is 6.75. The predicted octanol–water partition coefficient (Wildman–Crippen LogP) is 0.876. The molecule has 0 saturated carbocycles. The first-order chi connectivity index (χ1) is 11.4. The average molecular weight is 332 g/mol. The Labute approximate surface area is 141 Å². The lowest BCUT2D eigenvalue weighted by Gasteiger charge is -2.35. The van der Waals surface area contributed by atoms with Crippen LogP contribution in [0.4, 0.5) is 0 Å². The number of morpholine rings is 1. The molecule has 1 fully saturated rings. The highest BCUT2D eigenvalue weighted by atomic mass is 16.5. The van der Waals surface area contributed by atoms with E-state index >= 15 is 0 Å². The summed E-state index contributed by atoms with van der Waals surface area (Å²) in [6.07, 6.45) is 1.11. The van der Waals surface area contributed by atoms with E-state index in [9.17, 15) is 14.9 Å². The molecule has 0 N–H and O–H groups in total. The molecule has 1 aliphatic heterocycles. The molecule has 0 spiro atoms. The van der Waals surface area contributed by atoms with Crippen LogP contribution >= 0.6 is 0 Å². The summed E-state index contributed by atoms with van der Waals surface area (Å²) in [5, 5.41) is 13.6. The average Bonchev–Trinajstić information content (AvgIpc) is 2.54. The maximum Gasteiger partial charge on any atom is 0.285 e. The zero-order valence-electron chi connectivity index (χ0n) is 14.7. The fraction of sp³-hybridized carbons (Fsp3) is 0.647. The first-order valence-electron chi connectivity index (χ1n) is 8.37. The number of amides is 1. The van der Waals surface area contributed by atoms with Gasteiger partial charge in [0.15, 0.2) is 0 Å². The number of carbonyl (C=O) groups is 1. The molecular weight excluding hydrogens is 308 g/mol. The summed E-state index contributed by atoms with van der Waals surface area (Å²) in [7, 11) is 0. The second-order valence-electron chi connectivity index (χ2n) is 6.14. The lowest BCUT2D eigenvalue weighted by Crippen LogP contribution is -2.50. The van der Waals surface area contributed by atoms with Gasteiger partial charge in [0.1, 0.15) is 18.2 Å². The Hall–Kier alpha value is -2.20. The minimum Gasteiger partial charge on any atom is -0.372 e. The molecule has 0 aliphatic carbocycles. The third-order valence-electron chi connectivity index (χ3n) is 4.20. The van der Waals surface area contributed by atoms with Gasteiger partial charge in [-0.05, 0) is 32.3 Å². The van der Waals surface area contributed by atoms with Crippen LogP contribution in [-0.4, -0.2) is 45.9 Å². The van der Waals surface area contributed by atoms with Gasteiger partial charge in [0, 0.05) is 13.1 Å². The van der Waals surface area contributed by atoms with Crippen LogP contribution < -0.4 is 5.56 Å². The topological polar surface area (TPSA) is 88.2 Å². The van der Waals surface area contributed by atoms with E-state index in [0.717, 1.165) is 4.68 Å². The van der Waals surface area contributed by atoms with Crippen LogP contribution in [-0.2, 0) is 28.9 Å². The van der Waals surface area contributed by atoms with Crippen molar-refractivity contribution >= 4 is 5.91 Å². The number of aromatic nitrogens is 2. The number of nitrogens with zero attached hydrogens (tertiary/aromatic N) is 4. The van der Waals surface area contributed by atoms with Crippen molar-refractivity contribution in [2.45, 2.75) is 59.3 Å². The summed E-state index contributed by atoms with van der Waals surface area (Å²) >= 11 is 0. The predicted molar refractivity (Wildman–Crippen MR) is 88.6 cm³/mol. The summed E-state index contributed by atoms with van der Waals surface area (Å²) in [4.78, 5) is 26.7. The zero-order valence-corrected chi connectivity index (χ0v) is 14.7. The monoisotopic (exact) mass is 332 g/mol. The van der Waals surface area contributed by atoms with Crippen LogP contribution in [0.1, 0.15) is 44.5 Å². The normalized spacial score (nSPS) is 20.7. The van der Waals surface area contributed by atoms with Crippen LogP contribution in [0.3, 0.4) is 0 Å². The molecule has 1 aliphatic rings. The fourth-order valence-electron chi connectivity index (χ4n) is 3.15. The lowest BCUT2D eigenvalue weighted by molar-refractivity contribution is -0.144. The van der Waals surface area contributed by atoms with Crippen LogP contribution in [0.5, 0.6) is 0 Å². The van der Waals surface area contributed by atoms with Crippen molar-refractivity contribution in [3.63, 3.8) is 0 Å². The fourth-order valence-corrected chi connectivity index (χ4v) is 3.15. The van der Waals surface area contributed by atoms with Gasteiger partial charge in [-0.3, -0.25) is 9.59 Å². The van der Waals surface area contributed by atoms with Crippen molar-refractivity contribution < 1.29 is 9.53 Å². The molecule has 1 aromatic heterocycles. The van der Waals surface area contributed by atoms with E-state index in [0.29, 0.717) is 37.2 Å². The second kappa shape index (κ2) is 7.58. The molecule has 24 heavy (non-hydrogen) atoms. The number of carbonyl (C=O) groups excluding carboxylic acids is 1. The molecule has 2 rings (SSSR count). The maximum atomic E-state index is 12.6. The minimum atomic E-state index is -0.491. The van der Waals surface area contributed by atoms with E-state index in [4.69, 9.17) is 4.74 Å². The van der Waals surface area contributed by atoms with E-state index in [1.54, 1.807) is 4.90 Å². The summed E-state index contributed by atoms with van der Waals surface area (Å²) in [5.74, 6) is -0.179. The lowest BCUT2D eigenvalue weighted by atomic mass is 10.0. The van der Waals surface area contributed by atoms with Crippen molar-refractivity contribution in [1.29, 1.82) is 5.26 Å². The van der Waals surface area contributed by atoms with E-state index < -0.39 is 5.56 Å². The third kappa shape index (κ3) is 3.65. The summed E-state index contributed by atoms with van der Waals surface area (Å²) in [6, 6.07) is 1.98. The van der Waals surface area contributed by atoms with Gasteiger partial charge in [-0.15, -0.1) is 0 Å². The third-order valence-corrected chi connectivity index (χ3v) is 4.20. The Bertz CT molecular complexity index is 710. The molecule has 1 saturated heterocycles. The van der Waals surface area contributed by atoms with Crippen LogP contribution in [0.15, 0.2) is 4.79 Å². The highest BCUT2D eigenvalue weighted by molar-refractivity contribution is 5.76. The van der Waals surface area contributed by atoms with Crippen molar-refractivity contribution in [3.05, 3.63) is 27.2 Å². The van der Waals surface area contributed by atoms with Gasteiger partial charge in [0.05, 0.1) is 17.9 Å². The number of rotatable bonds is 4. The Morgan fingerprint density at radius 2 is 1.92 bits per heavy atom. The molecule has 1 amide bonds. The molecule has 0 bridgehead atoms. The van der Waals surface area contributed by atoms with Gasteiger partial charge in [0.2, 0.25) is 5.91 Å². The maximum absolute atomic E-state index is 12.6. The number of aryl methyl sites for hydroxylation is 1. The molecule has 7 heteroatoms. The highest BCUT2D eigenvalue weighted by Crippen LogP contribution is 2.12. The quantitative estimate of drug-likeness (QED) is 0.816. The molecule has 130 valence electrons. The second-order valence-corrected chi connectivity index (χ2v) is 6.14. The largest absolute Gasteiger partial charge is 0.372 e. The van der Waals surface area contributed by atoms with Crippen molar-refractivity contribution in [1.82, 2.24) is 14.7 Å². The SMILES string of the molecule is CCc1nn(CC(=O)N2CC(C)OC(C)C2)c(=O)c(C#N)c1CC. The van der Waals surface area contributed by atoms with Gasteiger partial charge in [-0.1, -0.05) is 13.8 Å². The first kappa shape index (κ1) is 18.1. The molecule has 7 nitrogen and oxygen atoms in total. The van der Waals surface area contributed by atoms with E-state index in [2.05, 4.69) is 5.10 Å². The smallest absolute Gasteiger partial charge is 0.285 e. The standard InChI is InChI=1S/C17H24N4O3/c1-5-13-14(7-18)17(23)21(19-15(13)6-2)10-16(22)20-8-11(3)24-12(4)9-20/h11-12H,5-6,8-10H2,1-4H3. The molecular formula is C17H24N4O3. The van der Waals surface area contributed by atoms with Crippen molar-refractivity contribution in [2.24, 2.45) is 0 Å². The van der Waals surface area contributed by atoms with E-state index in [1.807, 2.05) is 33.8 Å². The van der Waals surface area contributed by atoms with Gasteiger partial charge in [-0.25, -0.2) is 4.68 Å². The number of hydrogen-bond donors (Lipinski definition) is 0. The molecule has 1 aromatic rings. The number of hydrogen-bond acceptors (Lipinski definition) is 5. The van der Waals surface area contributed by atoms with Crippen molar-refractivity contribution in [3.8, 4) is 6.07 Å². The van der Waals surface area contributed by atoms with Crippen LogP contribution in [0.25, 0.3) is 0 Å². The molecule has 2 atom stereocenters. The molecule has 2 unspecified atom stereocenters. The van der Waals surface area contributed by atoms with E-state index in [-0.39, 0.29) is 30.2 Å². The molecule has 0 radical (unpaired) electrons. The number of nitriles is 1. The van der Waals surface area contributed by atoms with E-state index in [1.165, 1.54) is 0 Å². The van der Waals surface area contributed by atoms with Gasteiger partial charge in [0.25, 0.3) is 5.56 Å². The zero-order chi connectivity index (χ0) is 17.9. The minimum absolute atomic E-state index is 0.0364. The highest BCUT2D eigenvalue weighted by Gasteiger charge is 2.27. The van der Waals surface area contributed by atoms with Crippen LogP contribution in [0, 0.1) is 11.3 Å². The van der Waals surface area contributed by atoms with Gasteiger partial charge in [-0.2, -0.15) is 10.4 Å². The Kier molecular flexibility index (Phi) is 5.73. The Morgan fingerprint density at radius 1 is 1.29 bits per heavy atom. The van der Waals surface area contributed by atoms with Crippen LogP contribution in [0.2, 0.25) is 0 Å².